The highest BCUT2D eigenvalue weighted by Gasteiger charge is 2.26. The zero-order valence-electron chi connectivity index (χ0n) is 15.0. The number of amides is 2. The van der Waals surface area contributed by atoms with E-state index < -0.39 is 5.97 Å². The molecule has 1 aliphatic rings. The third kappa shape index (κ3) is 5.16. The number of rotatable bonds is 5. The molecule has 1 saturated carbocycles. The molecule has 0 bridgehead atoms. The minimum atomic E-state index is -0.753. The van der Waals surface area contributed by atoms with Gasteiger partial charge in [-0.15, -0.1) is 0 Å². The molecule has 1 heterocycles. The van der Waals surface area contributed by atoms with Gasteiger partial charge < -0.3 is 20.5 Å². The second-order valence-electron chi connectivity index (χ2n) is 6.60. The number of carboxylic acid groups (broad SMARTS) is 1. The molecule has 0 unspecified atom stereocenters. The number of aryl methyl sites for hydroxylation is 1. The van der Waals surface area contributed by atoms with Crippen LogP contribution < -0.4 is 15.4 Å². The molecule has 8 nitrogen and oxygen atoms in total. The molecule has 27 heavy (non-hydrogen) atoms. The summed E-state index contributed by atoms with van der Waals surface area (Å²) >= 11 is 0. The first-order chi connectivity index (χ1) is 13.0. The van der Waals surface area contributed by atoms with Gasteiger partial charge >= 0.3 is 18.0 Å². The average molecular weight is 370 g/mol. The lowest BCUT2D eigenvalue weighted by molar-refractivity contribution is -0.142. The van der Waals surface area contributed by atoms with Gasteiger partial charge in [-0.25, -0.2) is 14.8 Å². The van der Waals surface area contributed by atoms with Crippen LogP contribution in [0.2, 0.25) is 0 Å². The van der Waals surface area contributed by atoms with E-state index in [1.807, 2.05) is 6.92 Å². The van der Waals surface area contributed by atoms with Crippen LogP contribution in [0.1, 0.15) is 31.2 Å². The Labute approximate surface area is 157 Å². The Morgan fingerprint density at radius 2 is 1.85 bits per heavy atom. The van der Waals surface area contributed by atoms with Crippen LogP contribution in [0.4, 0.5) is 10.5 Å². The predicted octanol–water partition coefficient (Wildman–Crippen LogP) is 3.34. The lowest BCUT2D eigenvalue weighted by Gasteiger charge is -2.27. The van der Waals surface area contributed by atoms with Crippen molar-refractivity contribution < 1.29 is 19.4 Å². The highest BCUT2D eigenvalue weighted by Crippen LogP contribution is 2.26. The largest absolute Gasteiger partial charge is 0.481 e. The second kappa shape index (κ2) is 8.48. The van der Waals surface area contributed by atoms with E-state index in [4.69, 9.17) is 9.84 Å². The molecule has 0 saturated heterocycles. The van der Waals surface area contributed by atoms with Crippen molar-refractivity contribution in [2.45, 2.75) is 38.6 Å². The number of carbonyl (C=O) groups excluding carboxylic acids is 1. The van der Waals surface area contributed by atoms with Gasteiger partial charge in [-0.05, 0) is 62.4 Å². The highest BCUT2D eigenvalue weighted by molar-refractivity contribution is 5.90. The standard InChI is InChI=1S/C19H22N4O4/c1-12-11-15(27-19-20-9-2-10-21-19)7-8-16(12)23-18(26)22-14-5-3-13(4-6-14)17(24)25/h2,7-11,13-14H,3-6H2,1H3,(H,24,25)(H2,22,23,26). The van der Waals surface area contributed by atoms with E-state index in [0.29, 0.717) is 37.1 Å². The fraction of sp³-hybridized carbons (Fsp3) is 0.368. The van der Waals surface area contributed by atoms with Crippen molar-refractivity contribution >= 4 is 17.7 Å². The minimum absolute atomic E-state index is 0.00116. The Morgan fingerprint density at radius 3 is 2.48 bits per heavy atom. The van der Waals surface area contributed by atoms with Crippen LogP contribution >= 0.6 is 0 Å². The van der Waals surface area contributed by atoms with Crippen LogP contribution in [0.5, 0.6) is 11.8 Å². The predicted molar refractivity (Wildman–Crippen MR) is 98.8 cm³/mol. The number of ether oxygens (including phenoxy) is 1. The fourth-order valence-corrected chi connectivity index (χ4v) is 3.11. The van der Waals surface area contributed by atoms with Gasteiger partial charge in [0.1, 0.15) is 5.75 Å². The Hall–Kier alpha value is -3.16. The van der Waals surface area contributed by atoms with E-state index in [-0.39, 0.29) is 24.0 Å². The van der Waals surface area contributed by atoms with Crippen LogP contribution in [0.25, 0.3) is 0 Å². The maximum Gasteiger partial charge on any atom is 0.321 e. The van der Waals surface area contributed by atoms with Crippen LogP contribution in [0, 0.1) is 12.8 Å². The van der Waals surface area contributed by atoms with Crippen LogP contribution in [0.15, 0.2) is 36.7 Å². The van der Waals surface area contributed by atoms with Crippen molar-refractivity contribution in [2.75, 3.05) is 5.32 Å². The summed E-state index contributed by atoms with van der Waals surface area (Å²) in [5, 5.41) is 14.8. The quantitative estimate of drug-likeness (QED) is 0.744. The molecule has 0 atom stereocenters. The summed E-state index contributed by atoms with van der Waals surface area (Å²) in [7, 11) is 0. The summed E-state index contributed by atoms with van der Waals surface area (Å²) in [6.45, 7) is 1.87. The van der Waals surface area contributed by atoms with Crippen molar-refractivity contribution in [2.24, 2.45) is 5.92 Å². The Bertz CT molecular complexity index is 805. The number of anilines is 1. The number of hydrogen-bond donors (Lipinski definition) is 3. The maximum atomic E-state index is 12.2. The zero-order valence-corrected chi connectivity index (χ0v) is 15.0. The number of nitrogens with zero attached hydrogens (tertiary/aromatic N) is 2. The van der Waals surface area contributed by atoms with Crippen LogP contribution in [-0.2, 0) is 4.79 Å². The average Bonchev–Trinajstić information content (AvgIpc) is 2.65. The number of urea groups is 1. The highest BCUT2D eigenvalue weighted by atomic mass is 16.5. The van der Waals surface area contributed by atoms with E-state index in [1.54, 1.807) is 36.7 Å². The SMILES string of the molecule is Cc1cc(Oc2ncccn2)ccc1NC(=O)NC1CCC(C(=O)O)CC1. The van der Waals surface area contributed by atoms with E-state index in [0.717, 1.165) is 5.56 Å². The summed E-state index contributed by atoms with van der Waals surface area (Å²) < 4.78 is 5.57. The molecule has 2 aromatic rings. The molecule has 3 N–H and O–H groups in total. The summed E-state index contributed by atoms with van der Waals surface area (Å²) in [4.78, 5) is 31.2. The number of aliphatic carboxylic acids is 1. The van der Waals surface area contributed by atoms with Crippen molar-refractivity contribution in [1.82, 2.24) is 15.3 Å². The first kappa shape index (κ1) is 18.6. The maximum absolute atomic E-state index is 12.2. The summed E-state index contributed by atoms with van der Waals surface area (Å²) in [6.07, 6.45) is 5.72. The van der Waals surface area contributed by atoms with E-state index >= 15 is 0 Å². The molecule has 1 aliphatic carbocycles. The second-order valence-corrected chi connectivity index (χ2v) is 6.60. The number of nitrogens with one attached hydrogen (secondary N) is 2. The van der Waals surface area contributed by atoms with Gasteiger partial charge in [0.25, 0.3) is 0 Å². The molecule has 3 rings (SSSR count). The van der Waals surface area contributed by atoms with Crippen molar-refractivity contribution in [3.05, 3.63) is 42.2 Å². The van der Waals surface area contributed by atoms with Crippen molar-refractivity contribution in [3.8, 4) is 11.8 Å². The minimum Gasteiger partial charge on any atom is -0.481 e. The van der Waals surface area contributed by atoms with Gasteiger partial charge in [0.05, 0.1) is 5.92 Å². The molecular weight excluding hydrogens is 348 g/mol. The van der Waals surface area contributed by atoms with Gasteiger partial charge in [0.15, 0.2) is 0 Å². The molecular formula is C19H22N4O4. The lowest BCUT2D eigenvalue weighted by atomic mass is 9.86. The van der Waals surface area contributed by atoms with Crippen molar-refractivity contribution in [3.63, 3.8) is 0 Å². The van der Waals surface area contributed by atoms with Gasteiger partial charge in [-0.3, -0.25) is 4.79 Å². The normalized spacial score (nSPS) is 19.1. The number of benzene rings is 1. The summed E-state index contributed by atoms with van der Waals surface area (Å²) in [6, 6.07) is 6.95. The number of carbonyl (C=O) groups is 2. The molecule has 0 aliphatic heterocycles. The summed E-state index contributed by atoms with van der Waals surface area (Å²) in [5.74, 6) is -0.470. The Morgan fingerprint density at radius 1 is 1.15 bits per heavy atom. The van der Waals surface area contributed by atoms with Gasteiger partial charge in [0.2, 0.25) is 0 Å². The topological polar surface area (TPSA) is 113 Å². The number of aromatic nitrogens is 2. The van der Waals surface area contributed by atoms with Gasteiger partial charge in [-0.2, -0.15) is 0 Å². The third-order valence-electron chi connectivity index (χ3n) is 4.61. The van der Waals surface area contributed by atoms with Crippen molar-refractivity contribution in [1.29, 1.82) is 0 Å². The molecule has 1 fully saturated rings. The number of hydrogen-bond acceptors (Lipinski definition) is 5. The third-order valence-corrected chi connectivity index (χ3v) is 4.61. The van der Waals surface area contributed by atoms with Gasteiger partial charge in [0, 0.05) is 24.1 Å². The van der Waals surface area contributed by atoms with E-state index in [1.165, 1.54) is 0 Å². The van der Waals surface area contributed by atoms with E-state index in [2.05, 4.69) is 20.6 Å². The molecule has 1 aromatic carbocycles. The van der Waals surface area contributed by atoms with Crippen LogP contribution in [0.3, 0.4) is 0 Å². The lowest BCUT2D eigenvalue weighted by Crippen LogP contribution is -2.41. The first-order valence-electron chi connectivity index (χ1n) is 8.87. The van der Waals surface area contributed by atoms with Crippen LogP contribution in [-0.4, -0.2) is 33.1 Å². The molecule has 1 aromatic heterocycles. The molecule has 0 radical (unpaired) electrons. The smallest absolute Gasteiger partial charge is 0.321 e. The molecule has 142 valence electrons. The summed E-state index contributed by atoms with van der Waals surface area (Å²) in [5.41, 5.74) is 1.52. The molecule has 8 heteroatoms. The monoisotopic (exact) mass is 370 g/mol. The molecule has 0 spiro atoms. The zero-order chi connectivity index (χ0) is 19.2. The van der Waals surface area contributed by atoms with E-state index in [9.17, 15) is 9.59 Å². The Balaban J connectivity index is 1.53. The van der Waals surface area contributed by atoms with Gasteiger partial charge in [-0.1, -0.05) is 0 Å². The Kier molecular flexibility index (Phi) is 5.85. The first-order valence-corrected chi connectivity index (χ1v) is 8.87. The number of carboxylic acids is 1. The fourth-order valence-electron chi connectivity index (χ4n) is 3.11. The molecule has 2 amide bonds.